The van der Waals surface area contributed by atoms with Crippen LogP contribution < -0.4 is 16.4 Å². The molecule has 4 amide bonds. The van der Waals surface area contributed by atoms with Crippen molar-refractivity contribution in [1.82, 2.24) is 25.5 Å². The van der Waals surface area contributed by atoms with Crippen LogP contribution in [0.4, 0.5) is 0 Å². The molecule has 152 valence electrons. The number of H-pyrrole nitrogens is 1. The number of thioether (sulfide) groups is 1. The fourth-order valence-corrected chi connectivity index (χ4v) is 4.33. The number of primary amides is 1. The lowest BCUT2D eigenvalue weighted by Gasteiger charge is -2.30. The molecule has 0 aromatic carbocycles. The zero-order valence-electron chi connectivity index (χ0n) is 15.5. The van der Waals surface area contributed by atoms with Gasteiger partial charge in [-0.3, -0.25) is 19.2 Å². The highest BCUT2D eigenvalue weighted by atomic mass is 32.2. The van der Waals surface area contributed by atoms with Crippen molar-refractivity contribution < 1.29 is 19.2 Å². The van der Waals surface area contributed by atoms with E-state index >= 15 is 0 Å². The number of rotatable bonds is 6. The maximum Gasteiger partial charge on any atom is 0.246 e. The first kappa shape index (κ1) is 20.2. The molecule has 0 bridgehead atoms. The first-order valence-electron chi connectivity index (χ1n) is 9.16. The third kappa shape index (κ3) is 4.46. The summed E-state index contributed by atoms with van der Waals surface area (Å²) in [4.78, 5) is 57.7. The molecule has 0 aliphatic carbocycles. The second-order valence-corrected chi connectivity index (χ2v) is 8.33. The molecule has 0 saturated carbocycles. The molecule has 1 aromatic heterocycles. The van der Waals surface area contributed by atoms with Crippen LogP contribution in [0, 0.1) is 0 Å². The Hall–Kier alpha value is -2.56. The highest BCUT2D eigenvalue weighted by Crippen LogP contribution is 2.20. The number of nitrogens with zero attached hydrogens (tertiary/aromatic N) is 2. The van der Waals surface area contributed by atoms with Crippen molar-refractivity contribution in [2.24, 2.45) is 5.73 Å². The van der Waals surface area contributed by atoms with Crippen molar-refractivity contribution in [2.45, 2.75) is 49.6 Å². The van der Waals surface area contributed by atoms with E-state index in [1.807, 2.05) is 0 Å². The van der Waals surface area contributed by atoms with E-state index < -0.39 is 29.9 Å². The van der Waals surface area contributed by atoms with E-state index in [9.17, 15) is 19.2 Å². The van der Waals surface area contributed by atoms with Gasteiger partial charge >= 0.3 is 0 Å². The smallest absolute Gasteiger partial charge is 0.246 e. The zero-order chi connectivity index (χ0) is 20.3. The van der Waals surface area contributed by atoms with Crippen molar-refractivity contribution in [3.8, 4) is 0 Å². The Kier molecular flexibility index (Phi) is 6.22. The number of hydrogen-bond acceptors (Lipinski definition) is 6. The summed E-state index contributed by atoms with van der Waals surface area (Å²) >= 11 is 1.39. The number of carbonyl (C=O) groups is 4. The van der Waals surface area contributed by atoms with E-state index in [0.29, 0.717) is 30.8 Å². The Labute approximate surface area is 166 Å². The fourth-order valence-electron chi connectivity index (χ4n) is 3.40. The molecule has 2 fully saturated rings. The van der Waals surface area contributed by atoms with E-state index in [1.54, 1.807) is 13.1 Å². The van der Waals surface area contributed by atoms with Crippen LogP contribution in [0.3, 0.4) is 0 Å². The molecule has 1 aromatic rings. The lowest BCUT2D eigenvalue weighted by molar-refractivity contribution is -0.141. The van der Waals surface area contributed by atoms with Crippen molar-refractivity contribution in [3.05, 3.63) is 18.2 Å². The Bertz CT molecular complexity index is 755. The molecule has 2 saturated heterocycles. The molecule has 3 rings (SSSR count). The van der Waals surface area contributed by atoms with Crippen LogP contribution in [-0.2, 0) is 25.6 Å². The minimum absolute atomic E-state index is 0.167. The molecular formula is C17H24N6O4S. The number of likely N-dealkylation sites (tertiary alicyclic amines) is 1. The first-order chi connectivity index (χ1) is 13.4. The summed E-state index contributed by atoms with van der Waals surface area (Å²) in [5.74, 6) is -1.15. The largest absolute Gasteiger partial charge is 0.368 e. The number of aromatic amines is 1. The average Bonchev–Trinajstić information content (AvgIpc) is 3.34. The highest BCUT2D eigenvalue weighted by molar-refractivity contribution is 8.00. The van der Waals surface area contributed by atoms with Gasteiger partial charge in [0.2, 0.25) is 23.6 Å². The molecule has 1 unspecified atom stereocenters. The molecule has 0 radical (unpaired) electrons. The normalized spacial score (nSPS) is 25.8. The lowest BCUT2D eigenvalue weighted by Crippen LogP contribution is -2.59. The quantitative estimate of drug-likeness (QED) is 0.451. The molecule has 3 heterocycles. The highest BCUT2D eigenvalue weighted by Gasteiger charge is 2.38. The number of imidazole rings is 1. The van der Waals surface area contributed by atoms with Gasteiger partial charge in [0.15, 0.2) is 0 Å². The van der Waals surface area contributed by atoms with Crippen LogP contribution in [0.2, 0.25) is 0 Å². The summed E-state index contributed by atoms with van der Waals surface area (Å²) in [7, 11) is 0. The van der Waals surface area contributed by atoms with Crippen LogP contribution in [0.15, 0.2) is 12.5 Å². The Morgan fingerprint density at radius 2 is 2.25 bits per heavy atom. The summed E-state index contributed by atoms with van der Waals surface area (Å²) in [6.45, 7) is 2.18. The fraction of sp³-hybridized carbons (Fsp3) is 0.588. The average molecular weight is 408 g/mol. The number of aromatic nitrogens is 2. The molecule has 5 N–H and O–H groups in total. The molecule has 4 atom stereocenters. The molecule has 11 heteroatoms. The van der Waals surface area contributed by atoms with E-state index in [1.165, 1.54) is 23.0 Å². The number of hydrogen-bond donors (Lipinski definition) is 4. The Balaban J connectivity index is 1.73. The third-order valence-electron chi connectivity index (χ3n) is 4.96. The van der Waals surface area contributed by atoms with Gasteiger partial charge in [-0.05, 0) is 19.8 Å². The van der Waals surface area contributed by atoms with E-state index in [2.05, 4.69) is 20.6 Å². The molecular weight excluding hydrogens is 384 g/mol. The number of nitrogens with two attached hydrogens (primary N) is 1. The van der Waals surface area contributed by atoms with Crippen molar-refractivity contribution in [1.29, 1.82) is 0 Å². The second kappa shape index (κ2) is 8.63. The third-order valence-corrected chi connectivity index (χ3v) is 6.20. The van der Waals surface area contributed by atoms with Gasteiger partial charge in [-0.1, -0.05) is 0 Å². The molecule has 10 nitrogen and oxygen atoms in total. The summed E-state index contributed by atoms with van der Waals surface area (Å²) in [5, 5.41) is 5.19. The second-order valence-electron chi connectivity index (χ2n) is 6.95. The minimum atomic E-state index is -0.906. The summed E-state index contributed by atoms with van der Waals surface area (Å²) in [6, 6.07) is -2.29. The summed E-state index contributed by atoms with van der Waals surface area (Å²) in [6.07, 6.45) is 4.48. The van der Waals surface area contributed by atoms with Crippen molar-refractivity contribution >= 4 is 35.4 Å². The number of carbonyl (C=O) groups excluding carboxylic acids is 4. The standard InChI is InChI=1S/C17H24N6O4S/c1-9-15(25)22-12(7-28-9)16(26)21-11(5-10-6-19-8-20-10)17(27)23-4-2-3-13(23)14(18)24/h6,8-9,11-13H,2-5,7H2,1H3,(H2,18,24)(H,19,20)(H,21,26)(H,22,25)/t9-,11?,12+,13+/m1/s1. The predicted octanol–water partition coefficient (Wildman–Crippen LogP) is -1.47. The molecule has 2 aliphatic heterocycles. The van der Waals surface area contributed by atoms with Crippen LogP contribution in [0.1, 0.15) is 25.5 Å². The van der Waals surface area contributed by atoms with Gasteiger partial charge in [0.25, 0.3) is 0 Å². The van der Waals surface area contributed by atoms with Gasteiger partial charge in [0, 0.05) is 24.9 Å². The van der Waals surface area contributed by atoms with Crippen LogP contribution in [0.25, 0.3) is 0 Å². The molecule has 0 spiro atoms. The van der Waals surface area contributed by atoms with Gasteiger partial charge in [-0.25, -0.2) is 4.98 Å². The van der Waals surface area contributed by atoms with E-state index in [4.69, 9.17) is 5.73 Å². The van der Waals surface area contributed by atoms with Gasteiger partial charge in [-0.2, -0.15) is 0 Å². The maximum atomic E-state index is 13.1. The topological polar surface area (TPSA) is 150 Å². The monoisotopic (exact) mass is 408 g/mol. The number of nitrogens with one attached hydrogen (secondary N) is 3. The van der Waals surface area contributed by atoms with Crippen LogP contribution in [-0.4, -0.2) is 74.2 Å². The Morgan fingerprint density at radius 1 is 1.46 bits per heavy atom. The maximum absolute atomic E-state index is 13.1. The Morgan fingerprint density at radius 3 is 2.89 bits per heavy atom. The number of amides is 4. The summed E-state index contributed by atoms with van der Waals surface area (Å²) < 4.78 is 0. The van der Waals surface area contributed by atoms with Crippen LogP contribution >= 0.6 is 11.8 Å². The van der Waals surface area contributed by atoms with Gasteiger partial charge < -0.3 is 26.3 Å². The lowest BCUT2D eigenvalue weighted by atomic mass is 10.1. The SMILES string of the molecule is C[C@H]1SC[C@@H](C(=O)NC(Cc2c[nH]cn2)C(=O)N2CCC[C@H]2C(N)=O)NC1=O. The van der Waals surface area contributed by atoms with Crippen LogP contribution in [0.5, 0.6) is 0 Å². The predicted molar refractivity (Wildman–Crippen MR) is 102 cm³/mol. The first-order valence-corrected chi connectivity index (χ1v) is 10.2. The summed E-state index contributed by atoms with van der Waals surface area (Å²) in [5.41, 5.74) is 6.02. The van der Waals surface area contributed by atoms with Gasteiger partial charge in [0.1, 0.15) is 18.1 Å². The minimum Gasteiger partial charge on any atom is -0.368 e. The van der Waals surface area contributed by atoms with Crippen molar-refractivity contribution in [3.63, 3.8) is 0 Å². The van der Waals surface area contributed by atoms with Gasteiger partial charge in [-0.15, -0.1) is 11.8 Å². The van der Waals surface area contributed by atoms with E-state index in [0.717, 1.165) is 0 Å². The van der Waals surface area contributed by atoms with Crippen molar-refractivity contribution in [2.75, 3.05) is 12.3 Å². The van der Waals surface area contributed by atoms with E-state index in [-0.39, 0.29) is 23.5 Å². The van der Waals surface area contributed by atoms with Gasteiger partial charge in [0.05, 0.1) is 17.3 Å². The molecule has 2 aliphatic rings. The zero-order valence-corrected chi connectivity index (χ0v) is 16.3. The molecule has 28 heavy (non-hydrogen) atoms.